The lowest BCUT2D eigenvalue weighted by Gasteiger charge is -2.33. The van der Waals surface area contributed by atoms with E-state index in [1.54, 1.807) is 36.1 Å². The van der Waals surface area contributed by atoms with Crippen molar-refractivity contribution >= 4 is 11.7 Å². The number of carbonyl (C=O) groups is 1. The highest BCUT2D eigenvalue weighted by Crippen LogP contribution is 2.44. The summed E-state index contributed by atoms with van der Waals surface area (Å²) < 4.78 is 55.5. The molecule has 2 aromatic heterocycles. The number of ether oxygens (including phenoxy) is 2. The Morgan fingerprint density at radius 1 is 1.10 bits per heavy atom. The number of benzene rings is 2. The van der Waals surface area contributed by atoms with Crippen molar-refractivity contribution in [2.24, 2.45) is 0 Å². The molecule has 12 heteroatoms. The van der Waals surface area contributed by atoms with Crippen LogP contribution in [0.15, 0.2) is 67.0 Å². The molecular formula is C27H27F3N6O3. The van der Waals surface area contributed by atoms with Crippen molar-refractivity contribution in [3.05, 3.63) is 83.8 Å². The molecule has 1 N–H and O–H groups in total. The first-order chi connectivity index (χ1) is 18.7. The van der Waals surface area contributed by atoms with Crippen molar-refractivity contribution in [2.45, 2.75) is 31.2 Å². The summed E-state index contributed by atoms with van der Waals surface area (Å²) in [5.41, 5.74) is 2.24. The van der Waals surface area contributed by atoms with Crippen molar-refractivity contribution in [3.8, 4) is 17.2 Å². The Morgan fingerprint density at radius 2 is 1.85 bits per heavy atom. The second-order valence-corrected chi connectivity index (χ2v) is 9.24. The standard InChI is InChI=1S/C27H27F3N6O3/c1-34(16-17-5-8-19(9-6-17)35-12-4-11-31-35)26(37)21-15-25-32-20(14-24(27(28,29)30)36(25)33-21)18-7-10-22(38-2)23(13-18)39-3/h4-13,15,20,24,32H,14,16H2,1-3H3. The molecule has 39 heavy (non-hydrogen) atoms. The van der Waals surface area contributed by atoms with E-state index < -0.39 is 24.2 Å². The summed E-state index contributed by atoms with van der Waals surface area (Å²) in [5.74, 6) is 0.512. The summed E-state index contributed by atoms with van der Waals surface area (Å²) in [6.45, 7) is 0.255. The fourth-order valence-corrected chi connectivity index (χ4v) is 4.68. The number of anilines is 1. The van der Waals surface area contributed by atoms with E-state index in [9.17, 15) is 18.0 Å². The minimum atomic E-state index is -4.57. The smallest absolute Gasteiger partial charge is 0.410 e. The van der Waals surface area contributed by atoms with Crippen molar-refractivity contribution < 1.29 is 27.4 Å². The molecule has 0 saturated heterocycles. The lowest BCUT2D eigenvalue weighted by atomic mass is 9.96. The molecule has 2 aromatic carbocycles. The number of nitrogens with one attached hydrogen (secondary N) is 1. The van der Waals surface area contributed by atoms with Gasteiger partial charge in [-0.1, -0.05) is 18.2 Å². The van der Waals surface area contributed by atoms with E-state index in [2.05, 4.69) is 15.5 Å². The van der Waals surface area contributed by atoms with Crippen LogP contribution in [0.25, 0.3) is 5.69 Å². The molecule has 0 radical (unpaired) electrons. The third kappa shape index (κ3) is 5.27. The number of hydrogen-bond donors (Lipinski definition) is 1. The molecule has 2 atom stereocenters. The Kier molecular flexibility index (Phi) is 6.94. The van der Waals surface area contributed by atoms with Crippen LogP contribution in [-0.2, 0) is 6.54 Å². The zero-order valence-corrected chi connectivity index (χ0v) is 21.5. The molecular weight excluding hydrogens is 513 g/mol. The summed E-state index contributed by atoms with van der Waals surface area (Å²) >= 11 is 0. The van der Waals surface area contributed by atoms with Crippen molar-refractivity contribution in [2.75, 3.05) is 26.6 Å². The topological polar surface area (TPSA) is 86.4 Å². The molecule has 204 valence electrons. The van der Waals surface area contributed by atoms with Gasteiger partial charge in [0.05, 0.1) is 25.9 Å². The Bertz CT molecular complexity index is 1450. The summed E-state index contributed by atoms with van der Waals surface area (Å²) in [6, 6.07) is 13.1. The third-order valence-electron chi connectivity index (χ3n) is 6.69. The highest BCUT2D eigenvalue weighted by atomic mass is 19.4. The van der Waals surface area contributed by atoms with Gasteiger partial charge in [0.1, 0.15) is 5.82 Å². The van der Waals surface area contributed by atoms with Gasteiger partial charge in [-0.05, 0) is 41.5 Å². The second-order valence-electron chi connectivity index (χ2n) is 9.24. The number of amides is 1. The molecule has 5 rings (SSSR count). The predicted octanol–water partition coefficient (Wildman–Crippen LogP) is 5.02. The van der Waals surface area contributed by atoms with Gasteiger partial charge in [0.2, 0.25) is 0 Å². The maximum atomic E-state index is 14.1. The molecule has 9 nitrogen and oxygen atoms in total. The van der Waals surface area contributed by atoms with Crippen LogP contribution < -0.4 is 14.8 Å². The molecule has 4 aromatic rings. The van der Waals surface area contributed by atoms with Gasteiger partial charge in [-0.25, -0.2) is 9.36 Å². The van der Waals surface area contributed by atoms with E-state index in [-0.39, 0.29) is 24.5 Å². The summed E-state index contributed by atoms with van der Waals surface area (Å²) in [7, 11) is 4.54. The molecule has 0 saturated carbocycles. The van der Waals surface area contributed by atoms with Crippen LogP contribution >= 0.6 is 0 Å². The molecule has 1 aliphatic heterocycles. The molecule has 0 bridgehead atoms. The largest absolute Gasteiger partial charge is 0.493 e. The minimum absolute atomic E-state index is 0.0737. The van der Waals surface area contributed by atoms with Gasteiger partial charge in [0.25, 0.3) is 5.91 Å². The van der Waals surface area contributed by atoms with E-state index in [1.807, 2.05) is 36.5 Å². The highest BCUT2D eigenvalue weighted by Gasteiger charge is 2.47. The van der Waals surface area contributed by atoms with Crippen LogP contribution in [0.4, 0.5) is 19.0 Å². The number of methoxy groups -OCH3 is 2. The monoisotopic (exact) mass is 540 g/mol. The van der Waals surface area contributed by atoms with Crippen LogP contribution in [0.1, 0.15) is 40.1 Å². The van der Waals surface area contributed by atoms with Gasteiger partial charge in [-0.2, -0.15) is 23.4 Å². The van der Waals surface area contributed by atoms with E-state index in [1.165, 1.54) is 25.2 Å². The maximum absolute atomic E-state index is 14.1. The molecule has 1 aliphatic rings. The SMILES string of the molecule is COc1ccc(C2CC(C(F)(F)F)n3nc(C(=O)N(C)Cc4ccc(-n5cccn5)cc4)cc3N2)cc1OC. The number of halogens is 3. The average molecular weight is 541 g/mol. The zero-order chi connectivity index (χ0) is 27.7. The zero-order valence-electron chi connectivity index (χ0n) is 21.5. The van der Waals surface area contributed by atoms with Gasteiger partial charge < -0.3 is 19.7 Å². The molecule has 0 fully saturated rings. The van der Waals surface area contributed by atoms with Crippen LogP contribution in [-0.4, -0.2) is 57.8 Å². The predicted molar refractivity (Wildman–Crippen MR) is 137 cm³/mol. The minimum Gasteiger partial charge on any atom is -0.493 e. The van der Waals surface area contributed by atoms with Crippen LogP contribution in [0, 0.1) is 0 Å². The Balaban J connectivity index is 1.37. The number of alkyl halides is 3. The number of hydrogen-bond acceptors (Lipinski definition) is 6. The van der Waals surface area contributed by atoms with Gasteiger partial charge >= 0.3 is 6.18 Å². The van der Waals surface area contributed by atoms with Crippen molar-refractivity contribution in [1.29, 1.82) is 0 Å². The number of aromatic nitrogens is 4. The summed E-state index contributed by atoms with van der Waals surface area (Å²) in [5, 5.41) is 11.4. The van der Waals surface area contributed by atoms with E-state index >= 15 is 0 Å². The third-order valence-corrected chi connectivity index (χ3v) is 6.69. The quantitative estimate of drug-likeness (QED) is 0.354. The molecule has 0 aliphatic carbocycles. The summed E-state index contributed by atoms with van der Waals surface area (Å²) in [4.78, 5) is 14.6. The van der Waals surface area contributed by atoms with Crippen molar-refractivity contribution in [1.82, 2.24) is 24.5 Å². The Morgan fingerprint density at radius 3 is 2.49 bits per heavy atom. The second kappa shape index (κ2) is 10.4. The number of carbonyl (C=O) groups excluding carboxylic acids is 1. The maximum Gasteiger partial charge on any atom is 0.410 e. The van der Waals surface area contributed by atoms with Crippen molar-refractivity contribution in [3.63, 3.8) is 0 Å². The van der Waals surface area contributed by atoms with Gasteiger partial charge in [0, 0.05) is 38.5 Å². The molecule has 0 spiro atoms. The summed E-state index contributed by atoms with van der Waals surface area (Å²) in [6.07, 6.45) is -1.37. The molecule has 3 heterocycles. The Hall–Kier alpha value is -4.48. The van der Waals surface area contributed by atoms with Gasteiger partial charge in [-0.3, -0.25) is 4.79 Å². The van der Waals surface area contributed by atoms with Crippen LogP contribution in [0.5, 0.6) is 11.5 Å². The lowest BCUT2D eigenvalue weighted by Crippen LogP contribution is -2.35. The van der Waals surface area contributed by atoms with E-state index in [0.29, 0.717) is 17.1 Å². The fraction of sp³-hybridized carbons (Fsp3) is 0.296. The first-order valence-electron chi connectivity index (χ1n) is 12.2. The van der Waals surface area contributed by atoms with Gasteiger partial charge in [0.15, 0.2) is 23.2 Å². The van der Waals surface area contributed by atoms with E-state index in [0.717, 1.165) is 15.9 Å². The fourth-order valence-electron chi connectivity index (χ4n) is 4.68. The molecule has 1 amide bonds. The van der Waals surface area contributed by atoms with Crippen LogP contribution in [0.2, 0.25) is 0 Å². The lowest BCUT2D eigenvalue weighted by molar-refractivity contribution is -0.173. The van der Waals surface area contributed by atoms with E-state index in [4.69, 9.17) is 9.47 Å². The van der Waals surface area contributed by atoms with Crippen LogP contribution in [0.3, 0.4) is 0 Å². The van der Waals surface area contributed by atoms with Gasteiger partial charge in [-0.15, -0.1) is 0 Å². The average Bonchev–Trinajstić information content (AvgIpc) is 3.62. The highest BCUT2D eigenvalue weighted by molar-refractivity contribution is 5.93. The number of nitrogens with zero attached hydrogens (tertiary/aromatic N) is 5. The Labute approximate surface area is 222 Å². The first-order valence-corrected chi connectivity index (χ1v) is 12.2. The normalized spacial score (nSPS) is 16.8. The first kappa shape index (κ1) is 26.1. The number of fused-ring (bicyclic) bond motifs is 1. The molecule has 2 unspecified atom stereocenters. The number of rotatable bonds is 7.